The Morgan fingerprint density at radius 2 is 1.47 bits per heavy atom. The van der Waals surface area contributed by atoms with Gasteiger partial charge in [0.2, 0.25) is 15.9 Å². The fraction of sp³-hybridized carbons (Fsp3) is 0.435. The van der Waals surface area contributed by atoms with Gasteiger partial charge in [-0.3, -0.25) is 9.69 Å². The van der Waals surface area contributed by atoms with Crippen molar-refractivity contribution in [2.45, 2.75) is 24.3 Å². The van der Waals surface area contributed by atoms with Gasteiger partial charge in [0, 0.05) is 45.8 Å². The van der Waals surface area contributed by atoms with E-state index in [0.717, 1.165) is 17.7 Å². The molecule has 1 atom stereocenters. The molecule has 0 radical (unpaired) electrons. The SMILES string of the molecule is O=C([C@@H]1CCCN(S(=O)(=O)c2ccc(F)cc2)C1)N1CCN(Cc2ccc(F)cc2)CC1. The van der Waals surface area contributed by atoms with Gasteiger partial charge in [-0.05, 0) is 54.8 Å². The Morgan fingerprint density at radius 1 is 0.875 bits per heavy atom. The summed E-state index contributed by atoms with van der Waals surface area (Å²) in [7, 11) is -3.76. The summed E-state index contributed by atoms with van der Waals surface area (Å²) in [5, 5.41) is 0. The van der Waals surface area contributed by atoms with Crippen molar-refractivity contribution in [1.82, 2.24) is 14.1 Å². The molecule has 0 bridgehead atoms. The van der Waals surface area contributed by atoms with E-state index in [1.165, 1.54) is 28.6 Å². The lowest BCUT2D eigenvalue weighted by Crippen LogP contribution is -2.52. The molecule has 2 aromatic rings. The lowest BCUT2D eigenvalue weighted by molar-refractivity contribution is -0.138. The average Bonchev–Trinajstić information content (AvgIpc) is 2.81. The van der Waals surface area contributed by atoms with Crippen molar-refractivity contribution < 1.29 is 22.0 Å². The van der Waals surface area contributed by atoms with Crippen molar-refractivity contribution in [3.05, 3.63) is 65.7 Å². The lowest BCUT2D eigenvalue weighted by atomic mass is 9.97. The Morgan fingerprint density at radius 3 is 2.09 bits per heavy atom. The molecule has 0 aliphatic carbocycles. The van der Waals surface area contributed by atoms with Crippen molar-refractivity contribution in [3.63, 3.8) is 0 Å². The van der Waals surface area contributed by atoms with Gasteiger partial charge in [0.1, 0.15) is 11.6 Å². The van der Waals surface area contributed by atoms with Crippen LogP contribution in [0.15, 0.2) is 53.4 Å². The first-order valence-electron chi connectivity index (χ1n) is 10.8. The first-order chi connectivity index (χ1) is 15.3. The van der Waals surface area contributed by atoms with Gasteiger partial charge >= 0.3 is 0 Å². The molecule has 4 rings (SSSR count). The zero-order valence-electron chi connectivity index (χ0n) is 17.8. The molecule has 0 spiro atoms. The molecule has 2 fully saturated rings. The number of carbonyl (C=O) groups excluding carboxylic acids is 1. The van der Waals surface area contributed by atoms with Crippen LogP contribution in [0.1, 0.15) is 18.4 Å². The minimum Gasteiger partial charge on any atom is -0.340 e. The zero-order chi connectivity index (χ0) is 22.7. The van der Waals surface area contributed by atoms with Crippen LogP contribution < -0.4 is 0 Å². The molecule has 0 unspecified atom stereocenters. The smallest absolute Gasteiger partial charge is 0.243 e. The minimum absolute atomic E-state index is 0.00885. The number of hydrogen-bond acceptors (Lipinski definition) is 4. The first kappa shape index (κ1) is 22.8. The normalized spacial score (nSPS) is 20.9. The number of piperazine rings is 1. The fourth-order valence-corrected chi connectivity index (χ4v) is 5.87. The van der Waals surface area contributed by atoms with Crippen LogP contribution in [0.3, 0.4) is 0 Å². The summed E-state index contributed by atoms with van der Waals surface area (Å²) in [5.74, 6) is -1.13. The maximum Gasteiger partial charge on any atom is 0.243 e. The van der Waals surface area contributed by atoms with Crippen LogP contribution in [0, 0.1) is 17.6 Å². The molecule has 0 N–H and O–H groups in total. The highest BCUT2D eigenvalue weighted by Crippen LogP contribution is 2.25. The highest BCUT2D eigenvalue weighted by Gasteiger charge is 2.35. The highest BCUT2D eigenvalue weighted by molar-refractivity contribution is 7.89. The molecule has 2 aliphatic rings. The van der Waals surface area contributed by atoms with Crippen molar-refractivity contribution in [2.75, 3.05) is 39.3 Å². The average molecular weight is 464 g/mol. The van der Waals surface area contributed by atoms with Crippen LogP contribution in [-0.2, 0) is 21.4 Å². The predicted molar refractivity (Wildman–Crippen MR) is 116 cm³/mol. The topological polar surface area (TPSA) is 60.9 Å². The van der Waals surface area contributed by atoms with Crippen LogP contribution in [0.4, 0.5) is 8.78 Å². The van der Waals surface area contributed by atoms with E-state index < -0.39 is 15.8 Å². The summed E-state index contributed by atoms with van der Waals surface area (Å²) < 4.78 is 53.5. The Bertz CT molecular complexity index is 1040. The van der Waals surface area contributed by atoms with Gasteiger partial charge in [-0.1, -0.05) is 12.1 Å². The molecule has 1 amide bonds. The van der Waals surface area contributed by atoms with Crippen molar-refractivity contribution in [2.24, 2.45) is 5.92 Å². The molecule has 2 heterocycles. The van der Waals surface area contributed by atoms with Crippen molar-refractivity contribution in [3.8, 4) is 0 Å². The van der Waals surface area contributed by atoms with E-state index >= 15 is 0 Å². The summed E-state index contributed by atoms with van der Waals surface area (Å²) >= 11 is 0. The third-order valence-electron chi connectivity index (χ3n) is 6.19. The number of halogens is 2. The second-order valence-electron chi connectivity index (χ2n) is 8.38. The van der Waals surface area contributed by atoms with Crippen LogP contribution in [0.25, 0.3) is 0 Å². The molecule has 2 aliphatic heterocycles. The Labute approximate surface area is 187 Å². The first-order valence-corrected chi connectivity index (χ1v) is 12.3. The summed E-state index contributed by atoms with van der Waals surface area (Å²) in [4.78, 5) is 17.2. The third-order valence-corrected chi connectivity index (χ3v) is 8.07. The maximum atomic E-state index is 13.2. The lowest BCUT2D eigenvalue weighted by Gasteiger charge is -2.38. The maximum absolute atomic E-state index is 13.2. The van der Waals surface area contributed by atoms with E-state index in [1.807, 2.05) is 4.90 Å². The van der Waals surface area contributed by atoms with E-state index in [9.17, 15) is 22.0 Å². The number of carbonyl (C=O) groups is 1. The summed E-state index contributed by atoms with van der Waals surface area (Å²) in [6.07, 6.45) is 1.27. The molecule has 0 saturated carbocycles. The van der Waals surface area contributed by atoms with E-state index in [4.69, 9.17) is 0 Å². The van der Waals surface area contributed by atoms with Gasteiger partial charge in [-0.15, -0.1) is 0 Å². The van der Waals surface area contributed by atoms with Gasteiger partial charge in [0.15, 0.2) is 0 Å². The largest absolute Gasteiger partial charge is 0.340 e. The molecule has 6 nitrogen and oxygen atoms in total. The molecule has 172 valence electrons. The minimum atomic E-state index is -3.76. The van der Waals surface area contributed by atoms with E-state index in [2.05, 4.69) is 4.90 Å². The number of benzene rings is 2. The van der Waals surface area contributed by atoms with E-state index in [-0.39, 0.29) is 29.1 Å². The van der Waals surface area contributed by atoms with Crippen LogP contribution >= 0.6 is 0 Å². The third kappa shape index (κ3) is 5.16. The van der Waals surface area contributed by atoms with Gasteiger partial charge < -0.3 is 4.90 Å². The van der Waals surface area contributed by atoms with Gasteiger partial charge in [-0.2, -0.15) is 4.31 Å². The molecule has 2 saturated heterocycles. The summed E-state index contributed by atoms with van der Waals surface area (Å²) in [5.41, 5.74) is 1.03. The standard InChI is InChI=1S/C23H27F2N3O3S/c24-20-5-3-18(4-6-20)16-26-12-14-27(15-13-26)23(29)19-2-1-11-28(17-19)32(30,31)22-9-7-21(25)8-10-22/h3-10,19H,1-2,11-17H2/t19-/m1/s1. The number of nitrogens with zero attached hydrogens (tertiary/aromatic N) is 3. The Kier molecular flexibility index (Phi) is 6.88. The van der Waals surface area contributed by atoms with Crippen LogP contribution in [-0.4, -0.2) is 67.7 Å². The summed E-state index contributed by atoms with van der Waals surface area (Å²) in [6.45, 7) is 3.81. The Hall–Kier alpha value is -2.36. The number of amides is 1. The second-order valence-corrected chi connectivity index (χ2v) is 10.3. The fourth-order valence-electron chi connectivity index (χ4n) is 4.35. The van der Waals surface area contributed by atoms with Gasteiger partial charge in [-0.25, -0.2) is 17.2 Å². The summed E-state index contributed by atoms with van der Waals surface area (Å²) in [6, 6.07) is 11.2. The second kappa shape index (κ2) is 9.64. The Balaban J connectivity index is 1.33. The molecular weight excluding hydrogens is 436 g/mol. The predicted octanol–water partition coefficient (Wildman–Crippen LogP) is 2.71. The van der Waals surface area contributed by atoms with E-state index in [0.29, 0.717) is 52.1 Å². The van der Waals surface area contributed by atoms with E-state index in [1.54, 1.807) is 12.1 Å². The van der Waals surface area contributed by atoms with Gasteiger partial charge in [0.25, 0.3) is 0 Å². The number of piperidine rings is 1. The number of rotatable bonds is 5. The number of hydrogen-bond donors (Lipinski definition) is 0. The number of sulfonamides is 1. The monoisotopic (exact) mass is 463 g/mol. The van der Waals surface area contributed by atoms with Crippen molar-refractivity contribution >= 4 is 15.9 Å². The van der Waals surface area contributed by atoms with Crippen LogP contribution in [0.5, 0.6) is 0 Å². The van der Waals surface area contributed by atoms with Crippen LogP contribution in [0.2, 0.25) is 0 Å². The molecule has 0 aromatic heterocycles. The highest BCUT2D eigenvalue weighted by atomic mass is 32.2. The quantitative estimate of drug-likeness (QED) is 0.684. The van der Waals surface area contributed by atoms with Gasteiger partial charge in [0.05, 0.1) is 10.8 Å². The molecule has 2 aromatic carbocycles. The zero-order valence-corrected chi connectivity index (χ0v) is 18.6. The van der Waals surface area contributed by atoms with Crippen molar-refractivity contribution in [1.29, 1.82) is 0 Å². The molecule has 32 heavy (non-hydrogen) atoms. The molecule has 9 heteroatoms. The molecular formula is C23H27F2N3O3S.